The first kappa shape index (κ1) is 15.7. The van der Waals surface area contributed by atoms with E-state index in [1.54, 1.807) is 19.3 Å². The van der Waals surface area contributed by atoms with Crippen LogP contribution in [0.25, 0.3) is 17.2 Å². The average Bonchev–Trinajstić information content (AvgIpc) is 3.41. The van der Waals surface area contributed by atoms with Gasteiger partial charge in [-0.05, 0) is 41.5 Å². The lowest BCUT2D eigenvalue weighted by Crippen LogP contribution is -2.07. The quantitative estimate of drug-likeness (QED) is 0.778. The monoisotopic (exact) mass is 313 g/mol. The molecule has 1 aromatic carbocycles. The highest BCUT2D eigenvalue weighted by molar-refractivity contribution is 5.71. The van der Waals surface area contributed by atoms with E-state index in [9.17, 15) is 4.39 Å². The Balaban J connectivity index is 2.16. The molecular weight excluding hydrogens is 293 g/mol. The summed E-state index contributed by atoms with van der Waals surface area (Å²) in [6.45, 7) is 3.82. The Hall–Kier alpha value is -2.20. The summed E-state index contributed by atoms with van der Waals surface area (Å²) in [5.74, 6) is 0.509. The molecular formula is C19H20FNO2. The summed E-state index contributed by atoms with van der Waals surface area (Å²) in [4.78, 5) is 3.91. The SMILES string of the molecule is C=Cc1ccc(-c2cc(OC)ncc2F)c(C(OC)C2CC2)c1. The summed E-state index contributed by atoms with van der Waals surface area (Å²) in [6, 6.07) is 7.50. The van der Waals surface area contributed by atoms with E-state index in [4.69, 9.17) is 9.47 Å². The van der Waals surface area contributed by atoms with Gasteiger partial charge in [0.05, 0.1) is 19.4 Å². The molecule has 1 aliphatic carbocycles. The molecule has 0 saturated heterocycles. The normalized spacial score (nSPS) is 15.3. The number of nitrogens with zero attached hydrogens (tertiary/aromatic N) is 1. The number of rotatable bonds is 6. The van der Waals surface area contributed by atoms with E-state index in [1.807, 2.05) is 18.2 Å². The molecule has 1 heterocycles. The summed E-state index contributed by atoms with van der Waals surface area (Å²) in [7, 11) is 3.23. The van der Waals surface area contributed by atoms with Gasteiger partial charge in [0.2, 0.25) is 5.88 Å². The minimum atomic E-state index is -0.371. The third kappa shape index (κ3) is 3.13. The van der Waals surface area contributed by atoms with Crippen LogP contribution in [0.4, 0.5) is 4.39 Å². The van der Waals surface area contributed by atoms with Crippen molar-refractivity contribution < 1.29 is 13.9 Å². The van der Waals surface area contributed by atoms with E-state index < -0.39 is 0 Å². The highest BCUT2D eigenvalue weighted by Gasteiger charge is 2.34. The zero-order valence-corrected chi connectivity index (χ0v) is 13.4. The zero-order valence-electron chi connectivity index (χ0n) is 13.4. The van der Waals surface area contributed by atoms with Gasteiger partial charge in [0.15, 0.2) is 0 Å². The number of pyridine rings is 1. The Labute approximate surface area is 135 Å². The summed E-state index contributed by atoms with van der Waals surface area (Å²) in [5.41, 5.74) is 3.27. The second-order valence-electron chi connectivity index (χ2n) is 5.75. The van der Waals surface area contributed by atoms with Gasteiger partial charge in [0, 0.05) is 18.7 Å². The molecule has 1 unspecified atom stereocenters. The Morgan fingerprint density at radius 3 is 2.65 bits per heavy atom. The van der Waals surface area contributed by atoms with Crippen molar-refractivity contribution in [3.05, 3.63) is 54.0 Å². The van der Waals surface area contributed by atoms with E-state index >= 15 is 0 Å². The summed E-state index contributed by atoms with van der Waals surface area (Å²) in [5, 5.41) is 0. The molecule has 0 aliphatic heterocycles. The highest BCUT2D eigenvalue weighted by atomic mass is 19.1. The largest absolute Gasteiger partial charge is 0.481 e. The lowest BCUT2D eigenvalue weighted by Gasteiger charge is -2.20. The van der Waals surface area contributed by atoms with Crippen LogP contribution in [0.15, 0.2) is 37.0 Å². The van der Waals surface area contributed by atoms with E-state index in [0.29, 0.717) is 17.4 Å². The van der Waals surface area contributed by atoms with Crippen molar-refractivity contribution >= 4 is 6.08 Å². The first-order chi connectivity index (χ1) is 11.2. The smallest absolute Gasteiger partial charge is 0.213 e. The highest BCUT2D eigenvalue weighted by Crippen LogP contribution is 2.46. The number of benzene rings is 1. The van der Waals surface area contributed by atoms with Crippen molar-refractivity contribution in [3.8, 4) is 17.0 Å². The lowest BCUT2D eigenvalue weighted by atomic mass is 9.92. The molecule has 0 bridgehead atoms. The summed E-state index contributed by atoms with van der Waals surface area (Å²) in [6.07, 6.45) is 5.22. The van der Waals surface area contributed by atoms with Crippen molar-refractivity contribution in [2.45, 2.75) is 18.9 Å². The Kier molecular flexibility index (Phi) is 4.44. The van der Waals surface area contributed by atoms with Crippen molar-refractivity contribution in [1.29, 1.82) is 0 Å². The second-order valence-corrected chi connectivity index (χ2v) is 5.75. The van der Waals surface area contributed by atoms with Gasteiger partial charge in [-0.25, -0.2) is 9.37 Å². The lowest BCUT2D eigenvalue weighted by molar-refractivity contribution is 0.0850. The first-order valence-corrected chi connectivity index (χ1v) is 7.67. The fourth-order valence-corrected chi connectivity index (χ4v) is 2.90. The van der Waals surface area contributed by atoms with Crippen molar-refractivity contribution in [3.63, 3.8) is 0 Å². The van der Waals surface area contributed by atoms with Gasteiger partial charge >= 0.3 is 0 Å². The molecule has 120 valence electrons. The number of halogens is 1. The maximum absolute atomic E-state index is 14.4. The Morgan fingerprint density at radius 2 is 2.04 bits per heavy atom. The third-order valence-corrected chi connectivity index (χ3v) is 4.25. The van der Waals surface area contributed by atoms with Crippen LogP contribution < -0.4 is 4.74 Å². The molecule has 1 aliphatic rings. The average molecular weight is 313 g/mol. The van der Waals surface area contributed by atoms with Crippen LogP contribution in [0.3, 0.4) is 0 Å². The first-order valence-electron chi connectivity index (χ1n) is 7.67. The fraction of sp³-hybridized carbons (Fsp3) is 0.316. The van der Waals surface area contributed by atoms with Crippen LogP contribution in [0, 0.1) is 11.7 Å². The van der Waals surface area contributed by atoms with Gasteiger partial charge in [0.1, 0.15) is 5.82 Å². The molecule has 2 aromatic rings. The van der Waals surface area contributed by atoms with Gasteiger partial charge in [-0.2, -0.15) is 0 Å². The topological polar surface area (TPSA) is 31.4 Å². The van der Waals surface area contributed by atoms with Gasteiger partial charge in [-0.3, -0.25) is 0 Å². The molecule has 0 N–H and O–H groups in total. The zero-order chi connectivity index (χ0) is 16.4. The molecule has 1 fully saturated rings. The van der Waals surface area contributed by atoms with Crippen LogP contribution in [0.1, 0.15) is 30.1 Å². The molecule has 1 saturated carbocycles. The van der Waals surface area contributed by atoms with Gasteiger partial charge < -0.3 is 9.47 Å². The number of aromatic nitrogens is 1. The van der Waals surface area contributed by atoms with Crippen LogP contribution in [0.5, 0.6) is 5.88 Å². The maximum Gasteiger partial charge on any atom is 0.213 e. The Bertz CT molecular complexity index is 725. The van der Waals surface area contributed by atoms with Crippen LogP contribution in [-0.4, -0.2) is 19.2 Å². The van der Waals surface area contributed by atoms with Gasteiger partial charge in [0.25, 0.3) is 0 Å². The molecule has 23 heavy (non-hydrogen) atoms. The molecule has 1 atom stereocenters. The molecule has 3 rings (SSSR count). The number of ether oxygens (including phenoxy) is 2. The van der Waals surface area contributed by atoms with E-state index in [0.717, 1.165) is 29.5 Å². The predicted octanol–water partition coefficient (Wildman–Crippen LogP) is 4.64. The van der Waals surface area contributed by atoms with Crippen molar-refractivity contribution in [2.75, 3.05) is 14.2 Å². The van der Waals surface area contributed by atoms with Gasteiger partial charge in [-0.1, -0.05) is 24.8 Å². The van der Waals surface area contributed by atoms with E-state index in [2.05, 4.69) is 11.6 Å². The molecule has 1 aromatic heterocycles. The number of methoxy groups -OCH3 is 2. The number of hydrogen-bond acceptors (Lipinski definition) is 3. The molecule has 0 amide bonds. The fourth-order valence-electron chi connectivity index (χ4n) is 2.90. The van der Waals surface area contributed by atoms with Gasteiger partial charge in [-0.15, -0.1) is 0 Å². The van der Waals surface area contributed by atoms with Crippen molar-refractivity contribution in [1.82, 2.24) is 4.98 Å². The summed E-state index contributed by atoms with van der Waals surface area (Å²) >= 11 is 0. The minimum Gasteiger partial charge on any atom is -0.481 e. The maximum atomic E-state index is 14.4. The molecule has 0 radical (unpaired) electrons. The minimum absolute atomic E-state index is 0.0385. The summed E-state index contributed by atoms with van der Waals surface area (Å²) < 4.78 is 25.2. The van der Waals surface area contributed by atoms with Crippen LogP contribution in [-0.2, 0) is 4.74 Å². The van der Waals surface area contributed by atoms with E-state index in [1.165, 1.54) is 13.3 Å². The molecule has 3 nitrogen and oxygen atoms in total. The second kappa shape index (κ2) is 6.50. The number of hydrogen-bond donors (Lipinski definition) is 0. The molecule has 4 heteroatoms. The van der Waals surface area contributed by atoms with Crippen LogP contribution >= 0.6 is 0 Å². The Morgan fingerprint density at radius 1 is 1.26 bits per heavy atom. The standard InChI is InChI=1S/C19H20FNO2/c1-4-12-5-8-14(15-10-18(22-2)21-11-17(15)20)16(9-12)19(23-3)13-6-7-13/h4-5,8-11,13,19H,1,6-7H2,2-3H3. The van der Waals surface area contributed by atoms with Crippen LogP contribution in [0.2, 0.25) is 0 Å². The molecule has 0 spiro atoms. The van der Waals surface area contributed by atoms with E-state index in [-0.39, 0.29) is 11.9 Å². The predicted molar refractivity (Wildman–Crippen MR) is 88.7 cm³/mol. The third-order valence-electron chi connectivity index (χ3n) is 4.25. The van der Waals surface area contributed by atoms with Crippen molar-refractivity contribution in [2.24, 2.45) is 5.92 Å².